The minimum absolute atomic E-state index is 0. The number of ether oxygens (including phenoxy) is 1. The van der Waals surface area contributed by atoms with Gasteiger partial charge in [0.05, 0.1) is 7.11 Å². The van der Waals surface area contributed by atoms with Gasteiger partial charge in [-0.1, -0.05) is 60.7 Å². The third-order valence-corrected chi connectivity index (χ3v) is 8.71. The first-order valence-electron chi connectivity index (χ1n) is 12.6. The van der Waals surface area contributed by atoms with Crippen molar-refractivity contribution in [2.75, 3.05) is 33.1 Å². The van der Waals surface area contributed by atoms with Crippen LogP contribution in [0.15, 0.2) is 83.8 Å². The molecule has 3 fully saturated rings. The van der Waals surface area contributed by atoms with Gasteiger partial charge in [0.15, 0.2) is 0 Å². The van der Waals surface area contributed by atoms with E-state index in [0.29, 0.717) is 17.9 Å². The molecule has 3 aliphatic heterocycles. The van der Waals surface area contributed by atoms with Gasteiger partial charge in [0.25, 0.3) is 0 Å². The Morgan fingerprint density at radius 1 is 1.00 bits per heavy atom. The van der Waals surface area contributed by atoms with Gasteiger partial charge in [-0.2, -0.15) is 0 Å². The average molecular weight is 562 g/mol. The second kappa shape index (κ2) is 13.9. The molecule has 5 atom stereocenters. The summed E-state index contributed by atoms with van der Waals surface area (Å²) in [6, 6.07) is 28.9. The Morgan fingerprint density at radius 2 is 1.65 bits per heavy atom. The highest BCUT2D eigenvalue weighted by Crippen LogP contribution is 2.44. The summed E-state index contributed by atoms with van der Waals surface area (Å²) in [5, 5.41) is 14.2. The summed E-state index contributed by atoms with van der Waals surface area (Å²) in [6.45, 7) is 3.05. The van der Waals surface area contributed by atoms with Crippen LogP contribution in [0.4, 0.5) is 0 Å². The molecular formula is C30H38Cl2N2O2S. The molecule has 0 radical (unpaired) electrons. The molecule has 7 heteroatoms. The molecule has 0 saturated carbocycles. The van der Waals surface area contributed by atoms with Crippen molar-refractivity contribution >= 4 is 36.6 Å². The van der Waals surface area contributed by atoms with Crippen molar-refractivity contribution in [2.24, 2.45) is 11.8 Å². The smallest absolute Gasteiger partial charge is 0.123 e. The first-order chi connectivity index (χ1) is 17.2. The fourth-order valence-corrected chi connectivity index (χ4v) is 6.81. The van der Waals surface area contributed by atoms with E-state index in [0.717, 1.165) is 31.8 Å². The lowest BCUT2D eigenvalue weighted by Crippen LogP contribution is -2.67. The summed E-state index contributed by atoms with van der Waals surface area (Å²) in [6.07, 6.45) is 3.23. The number of aliphatic hydroxyl groups excluding tert-OH is 1. The number of rotatable bonds is 9. The van der Waals surface area contributed by atoms with E-state index in [1.807, 2.05) is 0 Å². The first-order valence-corrected chi connectivity index (χ1v) is 13.8. The number of methoxy groups -OCH3 is 1. The number of hydrogen-bond donors (Lipinski definition) is 2. The summed E-state index contributed by atoms with van der Waals surface area (Å²) in [5.74, 6) is 1.94. The zero-order valence-electron chi connectivity index (χ0n) is 21.5. The number of piperidine rings is 3. The number of fused-ring (bicyclic) bond motifs is 3. The van der Waals surface area contributed by atoms with Gasteiger partial charge in [0, 0.05) is 48.2 Å². The maximum Gasteiger partial charge on any atom is 0.123 e. The SMILES string of the molecule is COc1ccc(SC)cc1CNC1C2CCN(CC2CO)C1C(c1ccccc1)c1ccccc1.Cl.Cl. The van der Waals surface area contributed by atoms with E-state index < -0.39 is 0 Å². The topological polar surface area (TPSA) is 44.7 Å². The predicted molar refractivity (Wildman–Crippen MR) is 159 cm³/mol. The second-order valence-electron chi connectivity index (χ2n) is 9.76. The summed E-state index contributed by atoms with van der Waals surface area (Å²) in [7, 11) is 1.75. The average Bonchev–Trinajstić information content (AvgIpc) is 2.93. The number of hydrogen-bond acceptors (Lipinski definition) is 5. The van der Waals surface area contributed by atoms with Crippen LogP contribution in [0.1, 0.15) is 29.0 Å². The highest BCUT2D eigenvalue weighted by Gasteiger charge is 2.50. The molecule has 2 bridgehead atoms. The van der Waals surface area contributed by atoms with E-state index >= 15 is 0 Å². The van der Waals surface area contributed by atoms with Crippen LogP contribution in [0.25, 0.3) is 0 Å². The van der Waals surface area contributed by atoms with Crippen molar-refractivity contribution < 1.29 is 9.84 Å². The summed E-state index contributed by atoms with van der Waals surface area (Å²) in [5.41, 5.74) is 3.89. The molecule has 2 N–H and O–H groups in total. The molecule has 3 heterocycles. The van der Waals surface area contributed by atoms with Crippen molar-refractivity contribution in [1.82, 2.24) is 10.2 Å². The van der Waals surface area contributed by atoms with Crippen molar-refractivity contribution in [2.45, 2.75) is 35.9 Å². The number of nitrogens with one attached hydrogen (secondary N) is 1. The highest BCUT2D eigenvalue weighted by atomic mass is 35.5. The molecule has 6 rings (SSSR count). The molecule has 5 unspecified atom stereocenters. The Kier molecular flexibility index (Phi) is 11.2. The van der Waals surface area contributed by atoms with Gasteiger partial charge < -0.3 is 15.2 Å². The zero-order valence-corrected chi connectivity index (χ0v) is 23.9. The van der Waals surface area contributed by atoms with Gasteiger partial charge in [-0.25, -0.2) is 0 Å². The van der Waals surface area contributed by atoms with E-state index in [9.17, 15) is 5.11 Å². The van der Waals surface area contributed by atoms with Crippen LogP contribution in [-0.2, 0) is 6.54 Å². The van der Waals surface area contributed by atoms with Crippen molar-refractivity contribution in [3.63, 3.8) is 0 Å². The Hall–Kier alpha value is -1.73. The van der Waals surface area contributed by atoms with Crippen LogP contribution in [0.5, 0.6) is 5.75 Å². The molecule has 3 aromatic carbocycles. The van der Waals surface area contributed by atoms with Gasteiger partial charge in [0.1, 0.15) is 5.75 Å². The van der Waals surface area contributed by atoms with Crippen LogP contribution >= 0.6 is 36.6 Å². The summed E-state index contributed by atoms with van der Waals surface area (Å²) < 4.78 is 5.70. The van der Waals surface area contributed by atoms with Crippen LogP contribution in [0, 0.1) is 11.8 Å². The fraction of sp³-hybridized carbons (Fsp3) is 0.400. The molecule has 0 amide bonds. The van der Waals surface area contributed by atoms with Gasteiger partial charge in [0.2, 0.25) is 0 Å². The molecule has 3 saturated heterocycles. The van der Waals surface area contributed by atoms with E-state index in [1.54, 1.807) is 18.9 Å². The lowest BCUT2D eigenvalue weighted by molar-refractivity contribution is -0.0536. The highest BCUT2D eigenvalue weighted by molar-refractivity contribution is 7.98. The number of halogens is 2. The third kappa shape index (κ3) is 6.30. The monoisotopic (exact) mass is 560 g/mol. The number of benzene rings is 3. The number of thioether (sulfide) groups is 1. The number of aliphatic hydroxyl groups is 1. The molecular weight excluding hydrogens is 523 g/mol. The third-order valence-electron chi connectivity index (χ3n) is 7.98. The standard InChI is InChI=1S/C30H36N2O2S.2ClH/c1-34-27-14-13-25(35-2)17-23(27)18-31-29-26-15-16-32(19-24(26)20-33)30(29)28(21-9-5-3-6-10-21)22-11-7-4-8-12-22;;/h3-14,17,24,26,28-31,33H,15-16,18-20H2,1-2H3;2*1H. The van der Waals surface area contributed by atoms with Crippen LogP contribution in [0.2, 0.25) is 0 Å². The maximum atomic E-state index is 10.2. The van der Waals surface area contributed by atoms with Crippen LogP contribution in [-0.4, -0.2) is 55.2 Å². The predicted octanol–water partition coefficient (Wildman–Crippen LogP) is 5.86. The largest absolute Gasteiger partial charge is 0.496 e. The molecule has 3 aliphatic rings. The number of nitrogens with zero attached hydrogens (tertiary/aromatic N) is 1. The Labute approximate surface area is 238 Å². The molecule has 37 heavy (non-hydrogen) atoms. The van der Waals surface area contributed by atoms with E-state index in [-0.39, 0.29) is 43.4 Å². The minimum atomic E-state index is 0. The second-order valence-corrected chi connectivity index (χ2v) is 10.6. The summed E-state index contributed by atoms with van der Waals surface area (Å²) >= 11 is 1.76. The molecule has 200 valence electrons. The van der Waals surface area contributed by atoms with E-state index in [2.05, 4.69) is 95.3 Å². The maximum absolute atomic E-state index is 10.2. The fourth-order valence-electron chi connectivity index (χ4n) is 6.34. The van der Waals surface area contributed by atoms with E-state index in [1.165, 1.54) is 21.6 Å². The van der Waals surface area contributed by atoms with Crippen molar-refractivity contribution in [3.05, 3.63) is 95.6 Å². The van der Waals surface area contributed by atoms with Crippen LogP contribution in [0.3, 0.4) is 0 Å². The van der Waals surface area contributed by atoms with Gasteiger partial charge >= 0.3 is 0 Å². The van der Waals surface area contributed by atoms with Crippen molar-refractivity contribution in [1.29, 1.82) is 0 Å². The lowest BCUT2D eigenvalue weighted by Gasteiger charge is -2.57. The Balaban J connectivity index is 0.00000190. The van der Waals surface area contributed by atoms with Gasteiger partial charge in [-0.05, 0) is 60.4 Å². The van der Waals surface area contributed by atoms with E-state index in [4.69, 9.17) is 4.74 Å². The summed E-state index contributed by atoms with van der Waals surface area (Å²) in [4.78, 5) is 3.88. The Morgan fingerprint density at radius 3 is 2.22 bits per heavy atom. The van der Waals surface area contributed by atoms with Crippen molar-refractivity contribution in [3.8, 4) is 5.75 Å². The Bertz CT molecular complexity index is 1070. The molecule has 4 nitrogen and oxygen atoms in total. The minimum Gasteiger partial charge on any atom is -0.496 e. The molecule has 0 aliphatic carbocycles. The normalized spacial score (nSPS) is 24.3. The van der Waals surface area contributed by atoms with Gasteiger partial charge in [-0.15, -0.1) is 36.6 Å². The molecule has 0 spiro atoms. The first kappa shape index (κ1) is 29.8. The molecule has 3 aromatic rings. The van der Waals surface area contributed by atoms with Gasteiger partial charge in [-0.3, -0.25) is 4.90 Å². The zero-order chi connectivity index (χ0) is 24.2. The molecule has 0 aromatic heterocycles. The quantitative estimate of drug-likeness (QED) is 0.321. The van der Waals surface area contributed by atoms with Crippen LogP contribution < -0.4 is 10.1 Å². The lowest BCUT2D eigenvalue weighted by atomic mass is 9.66.